The highest BCUT2D eigenvalue weighted by Gasteiger charge is 2.33. The molecule has 3 heteroatoms. The van der Waals surface area contributed by atoms with Crippen LogP contribution in [0.4, 0.5) is 0 Å². The van der Waals surface area contributed by atoms with E-state index in [2.05, 4.69) is 5.32 Å². The number of nitrogens with zero attached hydrogens (tertiary/aromatic N) is 1. The average molecular weight is 210 g/mol. The Kier molecular flexibility index (Phi) is 3.29. The fourth-order valence-electron chi connectivity index (χ4n) is 2.94. The Morgan fingerprint density at radius 2 is 1.93 bits per heavy atom. The number of hydrogen-bond donors (Lipinski definition) is 1. The molecule has 0 spiro atoms. The summed E-state index contributed by atoms with van der Waals surface area (Å²) in [5, 5.41) is 3.65. The van der Waals surface area contributed by atoms with Crippen molar-refractivity contribution in [1.29, 1.82) is 0 Å². The van der Waals surface area contributed by atoms with E-state index < -0.39 is 0 Å². The molecule has 0 saturated carbocycles. The van der Waals surface area contributed by atoms with Crippen LogP contribution in [0, 0.1) is 5.92 Å². The van der Waals surface area contributed by atoms with Crippen LogP contribution >= 0.6 is 0 Å². The molecule has 2 fully saturated rings. The van der Waals surface area contributed by atoms with Crippen LogP contribution in [0.3, 0.4) is 0 Å². The summed E-state index contributed by atoms with van der Waals surface area (Å²) in [4.78, 5) is 12.9. The number of nitrogens with one attached hydrogen (secondary N) is 1. The van der Waals surface area contributed by atoms with Crippen molar-refractivity contribution in [1.82, 2.24) is 10.2 Å². The Balaban J connectivity index is 1.74. The van der Waals surface area contributed by atoms with Crippen LogP contribution in [0.5, 0.6) is 0 Å². The van der Waals surface area contributed by atoms with Crippen molar-refractivity contribution < 1.29 is 4.79 Å². The maximum absolute atomic E-state index is 11.1. The zero-order valence-corrected chi connectivity index (χ0v) is 9.83. The molecule has 2 heterocycles. The van der Waals surface area contributed by atoms with Gasteiger partial charge in [-0.2, -0.15) is 0 Å². The highest BCUT2D eigenvalue weighted by atomic mass is 16.2. The molecule has 0 aromatic carbocycles. The lowest BCUT2D eigenvalue weighted by atomic mass is 9.89. The third-order valence-electron chi connectivity index (χ3n) is 3.98. The Labute approximate surface area is 92.2 Å². The molecular formula is C12H22N2O. The highest BCUT2D eigenvalue weighted by molar-refractivity contribution is 5.72. The molecule has 86 valence electrons. The quantitative estimate of drug-likeness (QED) is 0.763. The molecule has 2 aliphatic heterocycles. The number of fused-ring (bicyclic) bond motifs is 2. The van der Waals surface area contributed by atoms with Gasteiger partial charge in [0.05, 0.1) is 0 Å². The van der Waals surface area contributed by atoms with E-state index in [1.165, 1.54) is 32.1 Å². The summed E-state index contributed by atoms with van der Waals surface area (Å²) in [5.41, 5.74) is 0. The number of carbonyl (C=O) groups is 1. The zero-order chi connectivity index (χ0) is 10.8. The molecular weight excluding hydrogens is 188 g/mol. The van der Waals surface area contributed by atoms with Gasteiger partial charge >= 0.3 is 0 Å². The molecule has 0 aromatic rings. The second kappa shape index (κ2) is 4.52. The molecule has 0 radical (unpaired) electrons. The first-order valence-corrected chi connectivity index (χ1v) is 6.13. The summed E-state index contributed by atoms with van der Waals surface area (Å²) in [6.45, 7) is 2.57. The summed E-state index contributed by atoms with van der Waals surface area (Å²) in [7, 11) is 1.90. The Morgan fingerprint density at radius 3 is 2.47 bits per heavy atom. The predicted octanol–water partition coefficient (Wildman–Crippen LogP) is 1.39. The third-order valence-corrected chi connectivity index (χ3v) is 3.98. The van der Waals surface area contributed by atoms with Crippen LogP contribution in [-0.2, 0) is 4.79 Å². The number of carbonyl (C=O) groups excluding carboxylic acids is 1. The van der Waals surface area contributed by atoms with Gasteiger partial charge in [-0.05, 0) is 38.0 Å². The Bertz CT molecular complexity index is 230. The molecule has 0 aromatic heterocycles. The largest absolute Gasteiger partial charge is 0.346 e. The minimum Gasteiger partial charge on any atom is -0.346 e. The number of rotatable bonds is 3. The normalized spacial score (nSPS) is 34.1. The molecule has 3 nitrogen and oxygen atoms in total. The molecule has 2 bridgehead atoms. The van der Waals surface area contributed by atoms with E-state index in [-0.39, 0.29) is 5.91 Å². The first kappa shape index (κ1) is 10.9. The second-order valence-corrected chi connectivity index (χ2v) is 5.20. The number of piperidine rings is 1. The summed E-state index contributed by atoms with van der Waals surface area (Å²) in [6, 6.07) is 1.55. The van der Waals surface area contributed by atoms with E-state index >= 15 is 0 Å². The van der Waals surface area contributed by atoms with Gasteiger partial charge in [-0.1, -0.05) is 0 Å². The van der Waals surface area contributed by atoms with E-state index in [0.717, 1.165) is 24.5 Å². The monoisotopic (exact) mass is 210 g/mol. The van der Waals surface area contributed by atoms with Gasteiger partial charge in [0, 0.05) is 32.6 Å². The van der Waals surface area contributed by atoms with E-state index in [9.17, 15) is 4.79 Å². The molecule has 2 unspecified atom stereocenters. The lowest BCUT2D eigenvalue weighted by Crippen LogP contribution is -2.39. The zero-order valence-electron chi connectivity index (χ0n) is 9.83. The van der Waals surface area contributed by atoms with E-state index in [1.807, 2.05) is 11.9 Å². The summed E-state index contributed by atoms with van der Waals surface area (Å²) < 4.78 is 0. The lowest BCUT2D eigenvalue weighted by molar-refractivity contribution is -0.127. The molecule has 1 N–H and O–H groups in total. The minimum absolute atomic E-state index is 0.187. The molecule has 2 aliphatic rings. The van der Waals surface area contributed by atoms with Crippen LogP contribution in [-0.4, -0.2) is 36.5 Å². The fraction of sp³-hybridized carbons (Fsp3) is 0.917. The standard InChI is InChI=1S/C12H22N2O/c1-9(15)14(2)6-5-10-7-11-3-4-12(8-10)13-11/h10-13H,3-8H2,1-2H3. The number of amides is 1. The van der Waals surface area contributed by atoms with Crippen molar-refractivity contribution in [2.45, 2.75) is 51.1 Å². The second-order valence-electron chi connectivity index (χ2n) is 5.20. The van der Waals surface area contributed by atoms with Gasteiger partial charge in [-0.3, -0.25) is 4.79 Å². The molecule has 2 atom stereocenters. The van der Waals surface area contributed by atoms with Crippen LogP contribution in [0.25, 0.3) is 0 Å². The van der Waals surface area contributed by atoms with E-state index in [0.29, 0.717) is 0 Å². The van der Waals surface area contributed by atoms with Crippen LogP contribution < -0.4 is 5.32 Å². The van der Waals surface area contributed by atoms with Gasteiger partial charge in [0.1, 0.15) is 0 Å². The molecule has 0 aliphatic carbocycles. The smallest absolute Gasteiger partial charge is 0.219 e. The van der Waals surface area contributed by atoms with Crippen molar-refractivity contribution >= 4 is 5.91 Å². The van der Waals surface area contributed by atoms with E-state index in [4.69, 9.17) is 0 Å². The SMILES string of the molecule is CC(=O)N(C)CCC1CC2CCC(C1)N2. The first-order valence-electron chi connectivity index (χ1n) is 6.13. The average Bonchev–Trinajstić information content (AvgIpc) is 2.54. The van der Waals surface area contributed by atoms with Crippen molar-refractivity contribution in [2.24, 2.45) is 5.92 Å². The maximum Gasteiger partial charge on any atom is 0.219 e. The predicted molar refractivity (Wildman–Crippen MR) is 60.6 cm³/mol. The molecule has 15 heavy (non-hydrogen) atoms. The summed E-state index contributed by atoms with van der Waals surface area (Å²) >= 11 is 0. The van der Waals surface area contributed by atoms with Gasteiger partial charge < -0.3 is 10.2 Å². The van der Waals surface area contributed by atoms with Crippen molar-refractivity contribution in [3.63, 3.8) is 0 Å². The van der Waals surface area contributed by atoms with Crippen molar-refractivity contribution in [3.05, 3.63) is 0 Å². The molecule has 1 amide bonds. The van der Waals surface area contributed by atoms with Crippen LogP contribution in [0.1, 0.15) is 39.0 Å². The van der Waals surface area contributed by atoms with E-state index in [1.54, 1.807) is 6.92 Å². The Hall–Kier alpha value is -0.570. The Morgan fingerprint density at radius 1 is 1.33 bits per heavy atom. The lowest BCUT2D eigenvalue weighted by Gasteiger charge is -2.30. The van der Waals surface area contributed by atoms with Gasteiger partial charge in [-0.25, -0.2) is 0 Å². The van der Waals surface area contributed by atoms with Crippen molar-refractivity contribution in [3.8, 4) is 0 Å². The third kappa shape index (κ3) is 2.71. The summed E-state index contributed by atoms with van der Waals surface area (Å²) in [6.07, 6.45) is 6.56. The summed E-state index contributed by atoms with van der Waals surface area (Å²) in [5.74, 6) is 1.03. The van der Waals surface area contributed by atoms with Crippen LogP contribution in [0.2, 0.25) is 0 Å². The van der Waals surface area contributed by atoms with Crippen LogP contribution in [0.15, 0.2) is 0 Å². The number of hydrogen-bond acceptors (Lipinski definition) is 2. The fourth-order valence-corrected chi connectivity index (χ4v) is 2.94. The van der Waals surface area contributed by atoms with Gasteiger partial charge in [0.2, 0.25) is 5.91 Å². The van der Waals surface area contributed by atoms with Gasteiger partial charge in [-0.15, -0.1) is 0 Å². The highest BCUT2D eigenvalue weighted by Crippen LogP contribution is 2.32. The van der Waals surface area contributed by atoms with Crippen molar-refractivity contribution in [2.75, 3.05) is 13.6 Å². The molecule has 2 saturated heterocycles. The minimum atomic E-state index is 0.187. The van der Waals surface area contributed by atoms with Gasteiger partial charge in [0.15, 0.2) is 0 Å². The molecule has 2 rings (SSSR count). The topological polar surface area (TPSA) is 32.3 Å². The first-order chi connectivity index (χ1) is 7.15. The maximum atomic E-state index is 11.1. The van der Waals surface area contributed by atoms with Gasteiger partial charge in [0.25, 0.3) is 0 Å².